The van der Waals surface area contributed by atoms with Gasteiger partial charge in [0.15, 0.2) is 4.80 Å². The maximum atomic E-state index is 12.4. The molecule has 0 spiro atoms. The number of nitrogens with one attached hydrogen (secondary N) is 1. The van der Waals surface area contributed by atoms with Crippen LogP contribution in [0.4, 0.5) is 13.2 Å². The molecule has 3 aromatic rings. The maximum Gasteiger partial charge on any atom is 0.573 e. The summed E-state index contributed by atoms with van der Waals surface area (Å²) in [6.45, 7) is 3.85. The molecule has 2 heterocycles. The minimum atomic E-state index is -4.71. The molecule has 0 unspecified atom stereocenters. The van der Waals surface area contributed by atoms with E-state index in [1.54, 1.807) is 6.07 Å². The number of hydrogen-bond acceptors (Lipinski definition) is 5. The van der Waals surface area contributed by atoms with Gasteiger partial charge in [0.2, 0.25) is 0 Å². The second-order valence-electron chi connectivity index (χ2n) is 7.57. The Morgan fingerprint density at radius 1 is 1.10 bits per heavy atom. The van der Waals surface area contributed by atoms with E-state index in [1.165, 1.54) is 29.0 Å². The van der Waals surface area contributed by atoms with E-state index in [2.05, 4.69) is 33.9 Å². The summed E-state index contributed by atoms with van der Waals surface area (Å²) >= 11 is 3.11. The van der Waals surface area contributed by atoms with Gasteiger partial charge in [0.1, 0.15) is 5.75 Å². The minimum Gasteiger partial charge on any atom is -0.406 e. The Balaban J connectivity index is 1.28. The van der Waals surface area contributed by atoms with Crippen LogP contribution in [0.1, 0.15) is 18.4 Å². The molecule has 1 aromatic heterocycles. The van der Waals surface area contributed by atoms with Crippen LogP contribution in [-0.2, 0) is 13.1 Å². The first-order valence-electron chi connectivity index (χ1n) is 10.2. The lowest BCUT2D eigenvalue weighted by atomic mass is 10.1. The van der Waals surface area contributed by atoms with Gasteiger partial charge in [-0.3, -0.25) is 10.3 Å². The van der Waals surface area contributed by atoms with Crippen molar-refractivity contribution in [1.29, 1.82) is 5.41 Å². The summed E-state index contributed by atoms with van der Waals surface area (Å²) in [6, 6.07) is 14.8. The zero-order valence-electron chi connectivity index (χ0n) is 16.9. The third-order valence-electron chi connectivity index (χ3n) is 5.36. The van der Waals surface area contributed by atoms with Gasteiger partial charge in [-0.1, -0.05) is 41.7 Å². The quantitative estimate of drug-likeness (QED) is 0.500. The Hall–Kier alpha value is -1.97. The third-order valence-corrected chi connectivity index (χ3v) is 7.68. The monoisotopic (exact) mass is 467 g/mol. The summed E-state index contributed by atoms with van der Waals surface area (Å²) in [4.78, 5) is 2.84. The summed E-state index contributed by atoms with van der Waals surface area (Å²) in [5.74, 6) is 0.636. The molecule has 9 heteroatoms. The molecular formula is C22H24F3N3OS2. The predicted octanol–water partition coefficient (Wildman–Crippen LogP) is 5.48. The molecule has 1 saturated heterocycles. The number of halogens is 3. The van der Waals surface area contributed by atoms with E-state index in [9.17, 15) is 13.2 Å². The Morgan fingerprint density at radius 3 is 2.55 bits per heavy atom. The smallest absolute Gasteiger partial charge is 0.406 e. The number of likely N-dealkylation sites (tertiary alicyclic amines) is 1. The van der Waals surface area contributed by atoms with Crippen molar-refractivity contribution in [2.75, 3.05) is 18.8 Å². The number of thioether (sulfide) groups is 1. The normalized spacial score (nSPS) is 16.1. The van der Waals surface area contributed by atoms with Gasteiger partial charge in [-0.25, -0.2) is 0 Å². The Labute approximate surface area is 187 Å². The van der Waals surface area contributed by atoms with E-state index in [-0.39, 0.29) is 5.75 Å². The Bertz CT molecular complexity index is 1060. The van der Waals surface area contributed by atoms with Gasteiger partial charge in [0, 0.05) is 24.1 Å². The number of rotatable bonds is 7. The molecular weight excluding hydrogens is 443 g/mol. The zero-order valence-corrected chi connectivity index (χ0v) is 18.5. The van der Waals surface area contributed by atoms with E-state index < -0.39 is 6.36 Å². The van der Waals surface area contributed by atoms with Gasteiger partial charge in [0.25, 0.3) is 0 Å². The lowest BCUT2D eigenvalue weighted by Crippen LogP contribution is -2.34. The van der Waals surface area contributed by atoms with E-state index >= 15 is 0 Å². The number of alkyl halides is 3. The fraction of sp³-hybridized carbons (Fsp3) is 0.409. The molecule has 4 nitrogen and oxygen atoms in total. The number of ether oxygens (including phenoxy) is 1. The van der Waals surface area contributed by atoms with Crippen molar-refractivity contribution in [2.45, 2.75) is 37.5 Å². The van der Waals surface area contributed by atoms with E-state index in [0.717, 1.165) is 43.7 Å². The van der Waals surface area contributed by atoms with Crippen molar-refractivity contribution in [3.05, 3.63) is 58.9 Å². The fourth-order valence-corrected chi connectivity index (χ4v) is 6.00. The highest BCUT2D eigenvalue weighted by Crippen LogP contribution is 2.29. The van der Waals surface area contributed by atoms with Crippen LogP contribution in [0.3, 0.4) is 0 Å². The highest BCUT2D eigenvalue weighted by Gasteiger charge is 2.31. The van der Waals surface area contributed by atoms with Gasteiger partial charge in [-0.15, -0.1) is 13.2 Å². The molecule has 1 fully saturated rings. The highest BCUT2D eigenvalue weighted by molar-refractivity contribution is 7.99. The molecule has 0 aliphatic carbocycles. The SMILES string of the molecule is N=c1sc2cc(OC(F)(F)F)ccc2n1CCSC1CCN(Cc2ccccc2)CC1. The van der Waals surface area contributed by atoms with Crippen molar-refractivity contribution < 1.29 is 17.9 Å². The molecule has 0 atom stereocenters. The first-order valence-corrected chi connectivity index (χ1v) is 12.1. The van der Waals surface area contributed by atoms with Gasteiger partial charge in [-0.2, -0.15) is 11.8 Å². The lowest BCUT2D eigenvalue weighted by Gasteiger charge is -2.31. The van der Waals surface area contributed by atoms with E-state index in [1.807, 2.05) is 22.4 Å². The summed E-state index contributed by atoms with van der Waals surface area (Å²) < 4.78 is 43.8. The van der Waals surface area contributed by atoms with Crippen LogP contribution in [0.2, 0.25) is 0 Å². The number of piperidine rings is 1. The van der Waals surface area contributed by atoms with Gasteiger partial charge in [-0.05, 0) is 49.7 Å². The van der Waals surface area contributed by atoms with Crippen molar-refractivity contribution in [3.8, 4) is 5.75 Å². The van der Waals surface area contributed by atoms with Crippen molar-refractivity contribution in [2.24, 2.45) is 0 Å². The number of aromatic nitrogens is 1. The van der Waals surface area contributed by atoms with Gasteiger partial charge >= 0.3 is 6.36 Å². The van der Waals surface area contributed by atoms with E-state index in [0.29, 0.717) is 21.3 Å². The van der Waals surface area contributed by atoms with Crippen LogP contribution in [0.15, 0.2) is 48.5 Å². The molecule has 166 valence electrons. The number of fused-ring (bicyclic) bond motifs is 1. The summed E-state index contributed by atoms with van der Waals surface area (Å²) in [6.07, 6.45) is -2.41. The second-order valence-corrected chi connectivity index (χ2v) is 10.0. The number of hydrogen-bond donors (Lipinski definition) is 1. The Morgan fingerprint density at radius 2 is 1.84 bits per heavy atom. The van der Waals surface area contributed by atoms with Crippen LogP contribution in [0.5, 0.6) is 5.75 Å². The largest absolute Gasteiger partial charge is 0.573 e. The molecule has 1 aliphatic heterocycles. The summed E-state index contributed by atoms with van der Waals surface area (Å²) in [5.41, 5.74) is 2.13. The molecule has 4 rings (SSSR count). The standard InChI is InChI=1S/C22H24F3N3OS2/c23-22(24,25)29-17-6-7-19-20(14-17)31-21(26)28(19)12-13-30-18-8-10-27(11-9-18)15-16-4-2-1-3-5-16/h1-7,14,18,26H,8-13,15H2. The van der Waals surface area contributed by atoms with Crippen LogP contribution in [0, 0.1) is 5.41 Å². The average Bonchev–Trinajstić information content (AvgIpc) is 3.03. The van der Waals surface area contributed by atoms with E-state index in [4.69, 9.17) is 5.41 Å². The molecule has 1 N–H and O–H groups in total. The third kappa shape index (κ3) is 6.05. The van der Waals surface area contributed by atoms with Crippen LogP contribution in [-0.4, -0.2) is 39.9 Å². The topological polar surface area (TPSA) is 41.2 Å². The lowest BCUT2D eigenvalue weighted by molar-refractivity contribution is -0.274. The van der Waals surface area contributed by atoms with Crippen LogP contribution < -0.4 is 9.54 Å². The average molecular weight is 468 g/mol. The van der Waals surface area contributed by atoms with Crippen LogP contribution >= 0.6 is 23.1 Å². The first-order chi connectivity index (χ1) is 14.9. The van der Waals surface area contributed by atoms with Gasteiger partial charge in [0.05, 0.1) is 10.2 Å². The summed E-state index contributed by atoms with van der Waals surface area (Å²) in [7, 11) is 0. The molecule has 1 aliphatic rings. The summed E-state index contributed by atoms with van der Waals surface area (Å²) in [5, 5.41) is 8.82. The zero-order chi connectivity index (χ0) is 21.8. The molecule has 31 heavy (non-hydrogen) atoms. The molecule has 2 aromatic carbocycles. The van der Waals surface area contributed by atoms with Crippen molar-refractivity contribution in [3.63, 3.8) is 0 Å². The first kappa shape index (κ1) is 22.2. The molecule has 0 saturated carbocycles. The number of nitrogens with zero attached hydrogens (tertiary/aromatic N) is 2. The number of thiazole rings is 1. The van der Waals surface area contributed by atoms with Crippen LogP contribution in [0.25, 0.3) is 10.2 Å². The van der Waals surface area contributed by atoms with Crippen molar-refractivity contribution >= 4 is 33.3 Å². The second kappa shape index (κ2) is 9.67. The van der Waals surface area contributed by atoms with Crippen molar-refractivity contribution in [1.82, 2.24) is 9.47 Å². The Kier molecular flexibility index (Phi) is 6.93. The van der Waals surface area contributed by atoms with Gasteiger partial charge < -0.3 is 9.30 Å². The maximum absolute atomic E-state index is 12.4. The number of benzene rings is 2. The minimum absolute atomic E-state index is 0.245. The predicted molar refractivity (Wildman–Crippen MR) is 120 cm³/mol. The molecule has 0 amide bonds. The number of aryl methyl sites for hydroxylation is 1. The fourth-order valence-electron chi connectivity index (χ4n) is 3.87. The molecule has 0 radical (unpaired) electrons. The highest BCUT2D eigenvalue weighted by atomic mass is 32.2. The molecule has 0 bridgehead atoms.